The average molecular weight is 297 g/mol. The van der Waals surface area contributed by atoms with E-state index in [4.69, 9.17) is 0 Å². The molecule has 0 heterocycles. The summed E-state index contributed by atoms with van der Waals surface area (Å²) < 4.78 is 0. The molecule has 2 aromatic carbocycles. The minimum absolute atomic E-state index is 0.164. The van der Waals surface area contributed by atoms with Crippen LogP contribution in [0.4, 0.5) is 16.2 Å². The molecule has 0 aliphatic rings. The molecule has 2 amide bonds. The molecule has 0 saturated carbocycles. The molecule has 0 saturated heterocycles. The predicted octanol–water partition coefficient (Wildman–Crippen LogP) is 3.51. The van der Waals surface area contributed by atoms with Gasteiger partial charge in [-0.25, -0.2) is 4.79 Å². The number of carbonyl (C=O) groups is 1. The van der Waals surface area contributed by atoms with E-state index in [-0.39, 0.29) is 6.03 Å². The van der Waals surface area contributed by atoms with Gasteiger partial charge >= 0.3 is 6.03 Å². The van der Waals surface area contributed by atoms with E-state index in [1.165, 1.54) is 5.56 Å². The highest BCUT2D eigenvalue weighted by atomic mass is 16.2. The second-order valence-corrected chi connectivity index (χ2v) is 5.38. The Hall–Kier alpha value is -2.49. The Labute approximate surface area is 132 Å². The Balaban J connectivity index is 1.77. The average Bonchev–Trinajstić information content (AvgIpc) is 2.53. The molecule has 2 aromatic rings. The molecule has 22 heavy (non-hydrogen) atoms. The summed E-state index contributed by atoms with van der Waals surface area (Å²) in [5.74, 6) is 0. The van der Waals surface area contributed by atoms with Crippen molar-refractivity contribution >= 4 is 17.4 Å². The van der Waals surface area contributed by atoms with Crippen molar-refractivity contribution in [2.24, 2.45) is 0 Å². The summed E-state index contributed by atoms with van der Waals surface area (Å²) in [7, 11) is 3.91. The number of hydrogen-bond acceptors (Lipinski definition) is 2. The molecule has 0 aliphatic heterocycles. The van der Waals surface area contributed by atoms with Crippen molar-refractivity contribution in [3.05, 3.63) is 60.2 Å². The van der Waals surface area contributed by atoms with Crippen molar-refractivity contribution in [1.29, 1.82) is 0 Å². The molecule has 2 N–H and O–H groups in total. The third-order valence-corrected chi connectivity index (χ3v) is 3.40. The van der Waals surface area contributed by atoms with Crippen LogP contribution in [0.1, 0.15) is 12.0 Å². The van der Waals surface area contributed by atoms with E-state index in [9.17, 15) is 4.79 Å². The van der Waals surface area contributed by atoms with Crippen LogP contribution in [0.25, 0.3) is 0 Å². The van der Waals surface area contributed by atoms with Gasteiger partial charge in [0.1, 0.15) is 0 Å². The molecule has 0 unspecified atom stereocenters. The number of aryl methyl sites for hydroxylation is 1. The van der Waals surface area contributed by atoms with Gasteiger partial charge in [0.05, 0.1) is 11.4 Å². The highest BCUT2D eigenvalue weighted by Crippen LogP contribution is 2.23. The number of anilines is 2. The molecule has 4 nitrogen and oxygen atoms in total. The second kappa shape index (κ2) is 8.08. The largest absolute Gasteiger partial charge is 0.376 e. The smallest absolute Gasteiger partial charge is 0.319 e. The van der Waals surface area contributed by atoms with Gasteiger partial charge < -0.3 is 15.5 Å². The van der Waals surface area contributed by atoms with Gasteiger partial charge in [-0.2, -0.15) is 0 Å². The number of nitrogens with one attached hydrogen (secondary N) is 2. The van der Waals surface area contributed by atoms with Crippen molar-refractivity contribution in [1.82, 2.24) is 5.32 Å². The summed E-state index contributed by atoms with van der Waals surface area (Å²) in [5.41, 5.74) is 3.10. The number of urea groups is 1. The lowest BCUT2D eigenvalue weighted by molar-refractivity contribution is 0.252. The van der Waals surface area contributed by atoms with E-state index < -0.39 is 0 Å². The molecule has 0 fully saturated rings. The van der Waals surface area contributed by atoms with Crippen LogP contribution >= 0.6 is 0 Å². The summed E-state index contributed by atoms with van der Waals surface area (Å²) in [4.78, 5) is 13.9. The van der Waals surface area contributed by atoms with Gasteiger partial charge in [-0.1, -0.05) is 42.5 Å². The van der Waals surface area contributed by atoms with Gasteiger partial charge in [0, 0.05) is 20.6 Å². The minimum Gasteiger partial charge on any atom is -0.376 e. The number of amides is 2. The zero-order chi connectivity index (χ0) is 15.8. The maximum absolute atomic E-state index is 12.0. The summed E-state index contributed by atoms with van der Waals surface area (Å²) >= 11 is 0. The number of carbonyl (C=O) groups excluding carboxylic acids is 1. The second-order valence-electron chi connectivity index (χ2n) is 5.38. The number of hydrogen-bond donors (Lipinski definition) is 2. The molecular weight excluding hydrogens is 274 g/mol. The topological polar surface area (TPSA) is 44.4 Å². The molecule has 116 valence electrons. The lowest BCUT2D eigenvalue weighted by atomic mass is 10.1. The molecule has 0 aromatic heterocycles. The van der Waals surface area contributed by atoms with Crippen LogP contribution in [0.3, 0.4) is 0 Å². The van der Waals surface area contributed by atoms with E-state index in [1.54, 1.807) is 0 Å². The fraction of sp³-hybridized carbons (Fsp3) is 0.278. The van der Waals surface area contributed by atoms with E-state index in [2.05, 4.69) is 22.8 Å². The lowest BCUT2D eigenvalue weighted by Gasteiger charge is -2.17. The van der Waals surface area contributed by atoms with E-state index in [0.29, 0.717) is 6.54 Å². The number of rotatable bonds is 6. The molecule has 0 atom stereocenters. The zero-order valence-corrected chi connectivity index (χ0v) is 13.2. The fourth-order valence-corrected chi connectivity index (χ4v) is 2.27. The Morgan fingerprint density at radius 2 is 1.68 bits per heavy atom. The summed E-state index contributed by atoms with van der Waals surface area (Å²) in [6, 6.07) is 17.9. The van der Waals surface area contributed by atoms with Gasteiger partial charge in [-0.3, -0.25) is 0 Å². The highest BCUT2D eigenvalue weighted by Gasteiger charge is 2.06. The van der Waals surface area contributed by atoms with Crippen molar-refractivity contribution in [2.75, 3.05) is 30.9 Å². The van der Waals surface area contributed by atoms with Crippen molar-refractivity contribution < 1.29 is 4.79 Å². The predicted molar refractivity (Wildman–Crippen MR) is 92.6 cm³/mol. The summed E-state index contributed by atoms with van der Waals surface area (Å²) in [6.45, 7) is 0.658. The molecule has 0 aliphatic carbocycles. The van der Waals surface area contributed by atoms with Gasteiger partial charge in [0.25, 0.3) is 0 Å². The summed E-state index contributed by atoms with van der Waals surface area (Å²) in [6.07, 6.45) is 1.89. The third kappa shape index (κ3) is 4.81. The Bertz CT molecular complexity index is 596. The minimum atomic E-state index is -0.164. The first kappa shape index (κ1) is 15.9. The monoisotopic (exact) mass is 297 g/mol. The van der Waals surface area contributed by atoms with Gasteiger partial charge in [0.2, 0.25) is 0 Å². The number of nitrogens with zero attached hydrogens (tertiary/aromatic N) is 1. The van der Waals surface area contributed by atoms with Crippen molar-refractivity contribution in [2.45, 2.75) is 12.8 Å². The van der Waals surface area contributed by atoms with E-state index in [0.717, 1.165) is 24.2 Å². The van der Waals surface area contributed by atoms with Crippen LogP contribution < -0.4 is 15.5 Å². The van der Waals surface area contributed by atoms with Gasteiger partial charge in [0.15, 0.2) is 0 Å². The van der Waals surface area contributed by atoms with Crippen LogP contribution in [0.2, 0.25) is 0 Å². The molecule has 2 rings (SSSR count). The first-order valence-electron chi connectivity index (χ1n) is 7.52. The third-order valence-electron chi connectivity index (χ3n) is 3.40. The first-order valence-corrected chi connectivity index (χ1v) is 7.52. The lowest BCUT2D eigenvalue weighted by Crippen LogP contribution is -2.30. The Kier molecular flexibility index (Phi) is 5.83. The van der Waals surface area contributed by atoms with E-state index in [1.807, 2.05) is 61.5 Å². The highest BCUT2D eigenvalue weighted by molar-refractivity contribution is 5.93. The first-order chi connectivity index (χ1) is 10.7. The maximum atomic E-state index is 12.0. The zero-order valence-electron chi connectivity index (χ0n) is 13.2. The standard InChI is InChI=1S/C18H23N3O/c1-21(2)17-13-7-6-12-16(17)20-18(22)19-14-8-11-15-9-4-3-5-10-15/h3-7,9-10,12-13H,8,11,14H2,1-2H3,(H2,19,20,22). The van der Waals surface area contributed by atoms with E-state index >= 15 is 0 Å². The van der Waals surface area contributed by atoms with Crippen LogP contribution in [-0.4, -0.2) is 26.7 Å². The van der Waals surface area contributed by atoms with Crippen LogP contribution in [-0.2, 0) is 6.42 Å². The number of para-hydroxylation sites is 2. The van der Waals surface area contributed by atoms with Crippen molar-refractivity contribution in [3.63, 3.8) is 0 Å². The molecule has 0 spiro atoms. The quantitative estimate of drug-likeness (QED) is 0.801. The van der Waals surface area contributed by atoms with Gasteiger partial charge in [-0.15, -0.1) is 0 Å². The Morgan fingerprint density at radius 1 is 1.00 bits per heavy atom. The van der Waals surface area contributed by atoms with Crippen molar-refractivity contribution in [3.8, 4) is 0 Å². The molecular formula is C18H23N3O. The molecule has 0 bridgehead atoms. The fourth-order valence-electron chi connectivity index (χ4n) is 2.27. The number of benzene rings is 2. The Morgan fingerprint density at radius 3 is 2.41 bits per heavy atom. The summed E-state index contributed by atoms with van der Waals surface area (Å²) in [5, 5.41) is 5.80. The normalized spacial score (nSPS) is 10.1. The molecule has 4 heteroatoms. The molecule has 0 radical (unpaired) electrons. The van der Waals surface area contributed by atoms with Crippen LogP contribution in [0.15, 0.2) is 54.6 Å². The maximum Gasteiger partial charge on any atom is 0.319 e. The van der Waals surface area contributed by atoms with Crippen LogP contribution in [0, 0.1) is 0 Å². The van der Waals surface area contributed by atoms with Crippen LogP contribution in [0.5, 0.6) is 0 Å². The van der Waals surface area contributed by atoms with Gasteiger partial charge in [-0.05, 0) is 30.5 Å². The SMILES string of the molecule is CN(C)c1ccccc1NC(=O)NCCCc1ccccc1.